The quantitative estimate of drug-likeness (QED) is 0.539. The van der Waals surface area contributed by atoms with E-state index in [1.54, 1.807) is 60.0 Å². The third-order valence-corrected chi connectivity index (χ3v) is 7.47. The molecule has 8 nitrogen and oxygen atoms in total. The van der Waals surface area contributed by atoms with Gasteiger partial charge in [-0.3, -0.25) is 13.9 Å². The Kier molecular flexibility index (Phi) is 6.93. The average molecular weight is 460 g/mol. The summed E-state index contributed by atoms with van der Waals surface area (Å²) < 4.78 is 33.0. The number of para-hydroxylation sites is 2. The van der Waals surface area contributed by atoms with Gasteiger partial charge >= 0.3 is 0 Å². The molecular weight excluding hydrogens is 438 g/mol. The predicted molar refractivity (Wildman–Crippen MR) is 120 cm³/mol. The van der Waals surface area contributed by atoms with Gasteiger partial charge in [-0.15, -0.1) is 11.3 Å². The van der Waals surface area contributed by atoms with E-state index in [0.717, 1.165) is 15.6 Å². The van der Waals surface area contributed by atoms with E-state index in [2.05, 4.69) is 10.6 Å². The first-order chi connectivity index (χ1) is 14.9. The first-order valence-electron chi connectivity index (χ1n) is 9.18. The summed E-state index contributed by atoms with van der Waals surface area (Å²) in [4.78, 5) is 24.4. The molecule has 162 valence electrons. The van der Waals surface area contributed by atoms with Crippen LogP contribution >= 0.6 is 11.3 Å². The van der Waals surface area contributed by atoms with Crippen molar-refractivity contribution >= 4 is 44.5 Å². The molecule has 3 aromatic rings. The molecule has 31 heavy (non-hydrogen) atoms. The first-order valence-corrected chi connectivity index (χ1v) is 11.5. The van der Waals surface area contributed by atoms with Gasteiger partial charge in [0.2, 0.25) is 5.91 Å². The van der Waals surface area contributed by atoms with Crippen molar-refractivity contribution in [2.45, 2.75) is 4.21 Å². The highest BCUT2D eigenvalue weighted by Gasteiger charge is 2.30. The lowest BCUT2D eigenvalue weighted by Gasteiger charge is -2.25. The van der Waals surface area contributed by atoms with Gasteiger partial charge in [-0.2, -0.15) is 0 Å². The smallest absolute Gasteiger partial charge is 0.274 e. The number of rotatable bonds is 8. The van der Waals surface area contributed by atoms with Crippen molar-refractivity contribution in [3.8, 4) is 5.75 Å². The molecule has 0 aliphatic heterocycles. The Balaban J connectivity index is 1.88. The molecule has 2 aromatic carbocycles. The van der Waals surface area contributed by atoms with E-state index in [9.17, 15) is 18.0 Å². The van der Waals surface area contributed by atoms with Crippen LogP contribution in [-0.4, -0.2) is 40.9 Å². The highest BCUT2D eigenvalue weighted by Crippen LogP contribution is 2.33. The van der Waals surface area contributed by atoms with Crippen LogP contribution in [0.15, 0.2) is 70.3 Å². The molecule has 0 radical (unpaired) electrons. The van der Waals surface area contributed by atoms with E-state index in [4.69, 9.17) is 4.74 Å². The van der Waals surface area contributed by atoms with Gasteiger partial charge < -0.3 is 15.4 Å². The Hall–Kier alpha value is -3.37. The van der Waals surface area contributed by atoms with Crippen molar-refractivity contribution in [3.63, 3.8) is 0 Å². The van der Waals surface area contributed by atoms with Gasteiger partial charge in [-0.05, 0) is 47.8 Å². The highest BCUT2D eigenvalue weighted by atomic mass is 32.2. The van der Waals surface area contributed by atoms with Crippen LogP contribution < -0.4 is 19.7 Å². The van der Waals surface area contributed by atoms with Crippen molar-refractivity contribution < 1.29 is 22.7 Å². The molecule has 1 aromatic heterocycles. The number of methoxy groups -OCH3 is 1. The SMILES string of the molecule is CNC(=O)c1ccc(NC(=O)CN(c2ccccc2OC)S(=O)(=O)c2cccs2)cc1. The van der Waals surface area contributed by atoms with E-state index >= 15 is 0 Å². The topological polar surface area (TPSA) is 105 Å². The summed E-state index contributed by atoms with van der Waals surface area (Å²) in [5, 5.41) is 6.84. The second-order valence-electron chi connectivity index (χ2n) is 6.32. The molecule has 3 rings (SSSR count). The molecule has 0 fully saturated rings. The maximum absolute atomic E-state index is 13.3. The molecule has 0 unspecified atom stereocenters. The molecule has 0 spiro atoms. The van der Waals surface area contributed by atoms with Gasteiger partial charge in [0.05, 0.1) is 12.8 Å². The van der Waals surface area contributed by atoms with Gasteiger partial charge in [0.15, 0.2) is 0 Å². The maximum atomic E-state index is 13.3. The highest BCUT2D eigenvalue weighted by molar-refractivity contribution is 7.94. The molecule has 0 saturated heterocycles. The first kappa shape index (κ1) is 22.3. The van der Waals surface area contributed by atoms with Gasteiger partial charge in [-0.25, -0.2) is 8.42 Å². The van der Waals surface area contributed by atoms with E-state index in [1.807, 2.05) is 0 Å². The summed E-state index contributed by atoms with van der Waals surface area (Å²) in [5.41, 5.74) is 1.13. The second kappa shape index (κ2) is 9.63. The lowest BCUT2D eigenvalue weighted by molar-refractivity contribution is -0.114. The van der Waals surface area contributed by atoms with Crippen LogP contribution in [0.5, 0.6) is 5.75 Å². The predicted octanol–water partition coefficient (Wildman–Crippen LogP) is 2.95. The number of anilines is 2. The molecule has 0 atom stereocenters. The third-order valence-electron chi connectivity index (χ3n) is 4.34. The van der Waals surface area contributed by atoms with Gasteiger partial charge in [-0.1, -0.05) is 18.2 Å². The summed E-state index contributed by atoms with van der Waals surface area (Å²) >= 11 is 1.06. The number of hydrogen-bond donors (Lipinski definition) is 2. The number of hydrogen-bond acceptors (Lipinski definition) is 6. The summed E-state index contributed by atoms with van der Waals surface area (Å²) in [6.45, 7) is -0.461. The van der Waals surface area contributed by atoms with Crippen molar-refractivity contribution in [2.24, 2.45) is 0 Å². The molecular formula is C21H21N3O5S2. The number of benzene rings is 2. The van der Waals surface area contributed by atoms with Crippen LogP contribution in [0.25, 0.3) is 0 Å². The standard InChI is InChI=1S/C21H21N3O5S2/c1-22-21(26)15-9-11-16(12-10-15)23-19(25)14-24(17-6-3-4-7-18(17)29-2)31(27,28)20-8-5-13-30-20/h3-13H,14H2,1-2H3,(H,22,26)(H,23,25). The zero-order valence-corrected chi connectivity index (χ0v) is 18.5. The molecule has 0 saturated carbocycles. The molecule has 0 bridgehead atoms. The Morgan fingerprint density at radius 1 is 1.03 bits per heavy atom. The third kappa shape index (κ3) is 5.04. The van der Waals surface area contributed by atoms with Crippen molar-refractivity contribution in [1.29, 1.82) is 0 Å². The number of nitrogens with one attached hydrogen (secondary N) is 2. The van der Waals surface area contributed by atoms with E-state index in [-0.39, 0.29) is 15.8 Å². The van der Waals surface area contributed by atoms with Crippen LogP contribution in [0.2, 0.25) is 0 Å². The summed E-state index contributed by atoms with van der Waals surface area (Å²) in [6, 6.07) is 16.0. The maximum Gasteiger partial charge on any atom is 0.274 e. The van der Waals surface area contributed by atoms with Crippen molar-refractivity contribution in [2.75, 3.05) is 30.3 Å². The number of thiophene rings is 1. The Morgan fingerprint density at radius 2 is 1.74 bits per heavy atom. The lowest BCUT2D eigenvalue weighted by Crippen LogP contribution is -2.38. The molecule has 0 aliphatic carbocycles. The van der Waals surface area contributed by atoms with Crippen LogP contribution in [0.4, 0.5) is 11.4 Å². The van der Waals surface area contributed by atoms with Crippen LogP contribution in [0.1, 0.15) is 10.4 Å². The Morgan fingerprint density at radius 3 is 2.35 bits per heavy atom. The molecule has 0 aliphatic rings. The fraction of sp³-hybridized carbons (Fsp3) is 0.143. The molecule has 1 heterocycles. The average Bonchev–Trinajstić information content (AvgIpc) is 3.33. The summed E-state index contributed by atoms with van der Waals surface area (Å²) in [6.07, 6.45) is 0. The second-order valence-corrected chi connectivity index (χ2v) is 9.36. The number of carbonyl (C=O) groups excluding carboxylic acids is 2. The van der Waals surface area contributed by atoms with Crippen LogP contribution in [-0.2, 0) is 14.8 Å². The fourth-order valence-electron chi connectivity index (χ4n) is 2.83. The normalized spacial score (nSPS) is 10.9. The van der Waals surface area contributed by atoms with Gasteiger partial charge in [0, 0.05) is 18.3 Å². The fourth-order valence-corrected chi connectivity index (χ4v) is 5.37. The van der Waals surface area contributed by atoms with E-state index < -0.39 is 22.5 Å². The zero-order valence-electron chi connectivity index (χ0n) is 16.9. The largest absolute Gasteiger partial charge is 0.495 e. The van der Waals surface area contributed by atoms with Crippen LogP contribution in [0, 0.1) is 0 Å². The number of ether oxygens (including phenoxy) is 1. The summed E-state index contributed by atoms with van der Waals surface area (Å²) in [5.74, 6) is -0.466. The number of nitrogens with zero attached hydrogens (tertiary/aromatic N) is 1. The van der Waals surface area contributed by atoms with Gasteiger partial charge in [0.25, 0.3) is 15.9 Å². The number of sulfonamides is 1. The van der Waals surface area contributed by atoms with Crippen molar-refractivity contribution in [3.05, 3.63) is 71.6 Å². The minimum Gasteiger partial charge on any atom is -0.495 e. The van der Waals surface area contributed by atoms with Crippen LogP contribution in [0.3, 0.4) is 0 Å². The monoisotopic (exact) mass is 459 g/mol. The molecule has 10 heteroatoms. The van der Waals surface area contributed by atoms with E-state index in [0.29, 0.717) is 17.0 Å². The number of amides is 2. The Bertz CT molecular complexity index is 1160. The molecule has 2 amide bonds. The Labute approximate surface area is 184 Å². The van der Waals surface area contributed by atoms with Crippen molar-refractivity contribution in [1.82, 2.24) is 5.32 Å². The lowest BCUT2D eigenvalue weighted by atomic mass is 10.2. The summed E-state index contributed by atoms with van der Waals surface area (Å²) in [7, 11) is -1.03. The van der Waals surface area contributed by atoms with E-state index in [1.165, 1.54) is 20.2 Å². The minimum atomic E-state index is -3.99. The number of carbonyl (C=O) groups is 2. The molecule has 2 N–H and O–H groups in total. The minimum absolute atomic E-state index is 0.112. The zero-order chi connectivity index (χ0) is 22.4. The van der Waals surface area contributed by atoms with Gasteiger partial charge in [0.1, 0.15) is 16.5 Å².